The van der Waals surface area contributed by atoms with Crippen molar-refractivity contribution in [2.75, 3.05) is 0 Å². The Kier molecular flexibility index (Phi) is 4.69. The molecule has 0 N–H and O–H groups in total. The van der Waals surface area contributed by atoms with Crippen molar-refractivity contribution >= 4 is 41.1 Å². The van der Waals surface area contributed by atoms with Crippen molar-refractivity contribution in [2.45, 2.75) is 25.8 Å². The Morgan fingerprint density at radius 3 is 2.31 bits per heavy atom. The minimum atomic E-state index is -1.48. The molecule has 0 spiro atoms. The van der Waals surface area contributed by atoms with Gasteiger partial charge in [-0.15, -0.1) is 30.6 Å². The molecule has 0 saturated carbocycles. The molecule has 1 aromatic carbocycles. The van der Waals surface area contributed by atoms with Crippen LogP contribution >= 0.6 is 30.6 Å². The van der Waals surface area contributed by atoms with Crippen LogP contribution in [-0.4, -0.2) is 5.31 Å². The summed E-state index contributed by atoms with van der Waals surface area (Å²) in [4.78, 5) is 0. The molecule has 3 heteroatoms. The highest BCUT2D eigenvalue weighted by molar-refractivity contribution is 9.51. The lowest BCUT2D eigenvalue weighted by Crippen LogP contribution is -2.34. The summed E-state index contributed by atoms with van der Waals surface area (Å²) in [5.41, 5.74) is 0. The minimum Gasteiger partial charge on any atom is -0.105 e. The molecule has 0 fully saturated rings. The zero-order chi connectivity index (χ0) is 9.73. The molecule has 1 rings (SSSR count). The van der Waals surface area contributed by atoms with Crippen molar-refractivity contribution in [2.24, 2.45) is 0 Å². The summed E-state index contributed by atoms with van der Waals surface area (Å²) in [6.45, 7) is 2.23. The van der Waals surface area contributed by atoms with Crippen LogP contribution in [0, 0.1) is 0 Å². The van der Waals surface area contributed by atoms with Gasteiger partial charge in [0, 0.05) is 0 Å². The average molecular weight is 322 g/mol. The second-order valence-corrected chi connectivity index (χ2v) is 17.0. The van der Waals surface area contributed by atoms with Gasteiger partial charge >= 0.3 is 0 Å². The van der Waals surface area contributed by atoms with E-state index in [2.05, 4.69) is 67.8 Å². The van der Waals surface area contributed by atoms with E-state index in [-0.39, 0.29) is 0 Å². The van der Waals surface area contributed by atoms with Crippen LogP contribution in [0.3, 0.4) is 0 Å². The van der Waals surface area contributed by atoms with Gasteiger partial charge in [0.2, 0.25) is 5.31 Å². The third-order valence-electron chi connectivity index (χ3n) is 2.04. The largest absolute Gasteiger partial charge is 0.230 e. The van der Waals surface area contributed by atoms with Crippen molar-refractivity contribution in [3.05, 3.63) is 30.3 Å². The molecule has 0 unspecified atom stereocenters. The van der Waals surface area contributed by atoms with E-state index < -0.39 is 5.31 Å². The lowest BCUT2D eigenvalue weighted by molar-refractivity contribution is 0.879. The molecule has 0 nitrogen and oxygen atoms in total. The number of benzene rings is 1. The lowest BCUT2D eigenvalue weighted by atomic mass is 10.4. The van der Waals surface area contributed by atoms with Crippen molar-refractivity contribution in [1.29, 1.82) is 0 Å². The van der Waals surface area contributed by atoms with Crippen molar-refractivity contribution in [3.8, 4) is 0 Å². The first-order valence-corrected chi connectivity index (χ1v) is 11.3. The van der Waals surface area contributed by atoms with Gasteiger partial charge in [-0.25, -0.2) is 0 Å². The van der Waals surface area contributed by atoms with Crippen LogP contribution in [0.2, 0.25) is 6.04 Å². The molecule has 1 aromatic rings. The van der Waals surface area contributed by atoms with Gasteiger partial charge in [0.1, 0.15) is 0 Å². The van der Waals surface area contributed by atoms with Crippen LogP contribution in [0.5, 0.6) is 0 Å². The molecular formula is C10H14Br2Si. The maximum atomic E-state index is 3.85. The summed E-state index contributed by atoms with van der Waals surface area (Å²) < 4.78 is 0. The van der Waals surface area contributed by atoms with Crippen LogP contribution in [0.4, 0.5) is 0 Å². The Hall–Kier alpha value is 0.397. The fourth-order valence-corrected chi connectivity index (χ4v) is 6.26. The molecule has 0 aliphatic rings. The summed E-state index contributed by atoms with van der Waals surface area (Å²) in [6.07, 6.45) is 2.55. The van der Waals surface area contributed by atoms with Gasteiger partial charge in [-0.05, 0) is 11.2 Å². The number of hydrogen-bond acceptors (Lipinski definition) is 0. The maximum Gasteiger partial charge on any atom is 0.230 e. The fourth-order valence-electron chi connectivity index (χ4n) is 1.23. The van der Waals surface area contributed by atoms with E-state index in [0.29, 0.717) is 0 Å². The van der Waals surface area contributed by atoms with Crippen LogP contribution < -0.4 is 5.19 Å². The van der Waals surface area contributed by atoms with Gasteiger partial charge in [0.15, 0.2) is 0 Å². The van der Waals surface area contributed by atoms with Crippen molar-refractivity contribution in [3.63, 3.8) is 0 Å². The number of rotatable bonds is 4. The van der Waals surface area contributed by atoms with Gasteiger partial charge in [-0.3, -0.25) is 0 Å². The SMILES string of the molecule is CCCC[Si](Br)(Br)c1ccccc1. The van der Waals surface area contributed by atoms with Crippen molar-refractivity contribution < 1.29 is 0 Å². The summed E-state index contributed by atoms with van der Waals surface area (Å²) in [6, 6.07) is 11.9. The molecule has 0 bridgehead atoms. The van der Waals surface area contributed by atoms with Crippen LogP contribution in [0.25, 0.3) is 0 Å². The highest BCUT2D eigenvalue weighted by Gasteiger charge is 2.27. The smallest absolute Gasteiger partial charge is 0.105 e. The van der Waals surface area contributed by atoms with Crippen LogP contribution in [0.1, 0.15) is 19.8 Å². The predicted octanol–water partition coefficient (Wildman–Crippen LogP) is 3.93. The van der Waals surface area contributed by atoms with E-state index >= 15 is 0 Å². The standard InChI is InChI=1S/C10H14Br2Si/c1-2-3-9-13(11,12)10-7-5-4-6-8-10/h4-8H,2-3,9H2,1H3. The summed E-state index contributed by atoms with van der Waals surface area (Å²) >= 11 is 7.69. The predicted molar refractivity (Wildman–Crippen MR) is 69.4 cm³/mol. The zero-order valence-electron chi connectivity index (χ0n) is 7.76. The molecule has 0 amide bonds. The van der Waals surface area contributed by atoms with Gasteiger partial charge in [0.05, 0.1) is 0 Å². The topological polar surface area (TPSA) is 0 Å². The quantitative estimate of drug-likeness (QED) is 0.582. The fraction of sp³-hybridized carbons (Fsp3) is 0.400. The first-order valence-electron chi connectivity index (χ1n) is 4.60. The first kappa shape index (κ1) is 11.5. The van der Waals surface area contributed by atoms with Gasteiger partial charge in [-0.2, -0.15) is 0 Å². The van der Waals surface area contributed by atoms with Crippen LogP contribution in [-0.2, 0) is 0 Å². The average Bonchev–Trinajstić information content (AvgIpc) is 2.16. The monoisotopic (exact) mass is 320 g/mol. The Morgan fingerprint density at radius 1 is 1.15 bits per heavy atom. The van der Waals surface area contributed by atoms with Gasteiger partial charge in [0.25, 0.3) is 0 Å². The number of unbranched alkanes of at least 4 members (excludes halogenated alkanes) is 1. The molecule has 0 aromatic heterocycles. The van der Waals surface area contributed by atoms with Crippen molar-refractivity contribution in [1.82, 2.24) is 0 Å². The van der Waals surface area contributed by atoms with E-state index in [0.717, 1.165) is 0 Å². The second kappa shape index (κ2) is 5.32. The number of hydrogen-bond donors (Lipinski definition) is 0. The molecular weight excluding hydrogens is 308 g/mol. The van der Waals surface area contributed by atoms with E-state index in [1.54, 1.807) is 0 Å². The molecule has 0 aliphatic heterocycles. The Bertz CT molecular complexity index is 246. The lowest BCUT2D eigenvalue weighted by Gasteiger charge is -2.17. The highest BCUT2D eigenvalue weighted by Crippen LogP contribution is 2.27. The van der Waals surface area contributed by atoms with E-state index in [1.807, 2.05) is 0 Å². The second-order valence-electron chi connectivity index (χ2n) is 3.17. The normalized spacial score (nSPS) is 11.6. The van der Waals surface area contributed by atoms with E-state index in [9.17, 15) is 0 Å². The molecule has 72 valence electrons. The Balaban J connectivity index is 2.69. The minimum absolute atomic E-state index is 1.26. The van der Waals surface area contributed by atoms with E-state index in [1.165, 1.54) is 24.1 Å². The van der Waals surface area contributed by atoms with Gasteiger partial charge in [-0.1, -0.05) is 50.1 Å². The summed E-state index contributed by atoms with van der Waals surface area (Å²) in [7, 11) is 0. The molecule has 0 atom stereocenters. The first-order chi connectivity index (χ1) is 6.17. The molecule has 13 heavy (non-hydrogen) atoms. The number of halogens is 2. The Morgan fingerprint density at radius 2 is 1.77 bits per heavy atom. The van der Waals surface area contributed by atoms with Crippen LogP contribution in [0.15, 0.2) is 30.3 Å². The third kappa shape index (κ3) is 3.56. The Labute approximate surface area is 96.9 Å². The van der Waals surface area contributed by atoms with Gasteiger partial charge < -0.3 is 0 Å². The van der Waals surface area contributed by atoms with E-state index in [4.69, 9.17) is 0 Å². The maximum absolute atomic E-state index is 3.85. The molecule has 0 heterocycles. The zero-order valence-corrected chi connectivity index (χ0v) is 11.9. The molecule has 0 saturated heterocycles. The molecule has 0 radical (unpaired) electrons. The summed E-state index contributed by atoms with van der Waals surface area (Å²) in [5.74, 6) is 0. The molecule has 0 aliphatic carbocycles. The third-order valence-corrected chi connectivity index (χ3v) is 9.33. The highest BCUT2D eigenvalue weighted by atomic mass is 79.9. The summed E-state index contributed by atoms with van der Waals surface area (Å²) in [5, 5.41) is -0.0416.